The average molecular weight is 346 g/mol. The Morgan fingerprint density at radius 1 is 1.13 bits per heavy atom. The van der Waals surface area contributed by atoms with Crippen LogP contribution in [-0.4, -0.2) is 20.6 Å². The number of benzene rings is 2. The Labute approximate surface area is 139 Å². The van der Waals surface area contributed by atoms with Gasteiger partial charge in [0.1, 0.15) is 5.40 Å². The number of hydrogen-bond donors (Lipinski definition) is 1. The van der Waals surface area contributed by atoms with Crippen molar-refractivity contribution < 1.29 is 13.2 Å². The van der Waals surface area contributed by atoms with Crippen molar-refractivity contribution in [3.63, 3.8) is 0 Å². The van der Waals surface area contributed by atoms with Gasteiger partial charge in [0.05, 0.1) is 5.75 Å². The molecule has 0 aliphatic rings. The van der Waals surface area contributed by atoms with Crippen LogP contribution < -0.4 is 5.32 Å². The monoisotopic (exact) mass is 346 g/mol. The van der Waals surface area contributed by atoms with Crippen LogP contribution in [0.15, 0.2) is 53.4 Å². The van der Waals surface area contributed by atoms with E-state index in [0.29, 0.717) is 16.8 Å². The van der Waals surface area contributed by atoms with Crippen molar-refractivity contribution in [1.82, 2.24) is 0 Å². The normalized spacial score (nSPS) is 10.8. The van der Waals surface area contributed by atoms with Gasteiger partial charge < -0.3 is 5.32 Å². The zero-order valence-electron chi connectivity index (χ0n) is 12.3. The second-order valence-electron chi connectivity index (χ2n) is 4.94. The Morgan fingerprint density at radius 2 is 1.74 bits per heavy atom. The third kappa shape index (κ3) is 5.43. The van der Waals surface area contributed by atoms with Crippen LogP contribution in [0, 0.1) is 10.7 Å². The molecule has 1 N–H and O–H groups in total. The number of carbonyl (C=O) groups is 1. The molecular formula is C16H14N2O3S2. The number of nitrogens with one attached hydrogen (secondary N) is 1. The van der Waals surface area contributed by atoms with Gasteiger partial charge in [-0.3, -0.25) is 4.79 Å². The van der Waals surface area contributed by atoms with Crippen LogP contribution in [0.3, 0.4) is 0 Å². The molecule has 0 fully saturated rings. The smallest absolute Gasteiger partial charge is 0.255 e. The lowest BCUT2D eigenvalue weighted by Crippen LogP contribution is -2.12. The van der Waals surface area contributed by atoms with E-state index in [2.05, 4.69) is 5.32 Å². The number of nitriles is 1. The molecule has 0 unspecified atom stereocenters. The number of rotatable bonds is 5. The van der Waals surface area contributed by atoms with Crippen molar-refractivity contribution in [3.05, 3.63) is 59.7 Å². The fourth-order valence-electron chi connectivity index (χ4n) is 1.92. The van der Waals surface area contributed by atoms with Crippen molar-refractivity contribution >= 4 is 33.2 Å². The number of nitrogens with zero attached hydrogens (tertiary/aromatic N) is 1. The molecule has 2 aromatic rings. The Balaban J connectivity index is 2.04. The number of amides is 1. The second kappa shape index (κ2) is 7.31. The highest BCUT2D eigenvalue weighted by molar-refractivity contribution is 8.03. The van der Waals surface area contributed by atoms with Crippen LogP contribution in [0.1, 0.15) is 15.9 Å². The largest absolute Gasteiger partial charge is 0.322 e. The first kappa shape index (κ1) is 17.1. The van der Waals surface area contributed by atoms with Crippen molar-refractivity contribution in [3.8, 4) is 5.40 Å². The molecule has 1 amide bonds. The summed E-state index contributed by atoms with van der Waals surface area (Å²) in [6.07, 6.45) is 1.17. The van der Waals surface area contributed by atoms with Crippen molar-refractivity contribution in [2.75, 3.05) is 11.6 Å². The molecule has 0 heterocycles. The van der Waals surface area contributed by atoms with Crippen LogP contribution in [0.4, 0.5) is 5.69 Å². The first-order valence-corrected chi connectivity index (χ1v) is 9.49. The van der Waals surface area contributed by atoms with E-state index in [1.54, 1.807) is 48.5 Å². The Hall–Kier alpha value is -2.30. The number of hydrogen-bond acceptors (Lipinski definition) is 5. The minimum Gasteiger partial charge on any atom is -0.322 e. The molecule has 2 aromatic carbocycles. The van der Waals surface area contributed by atoms with Crippen LogP contribution >= 0.6 is 11.8 Å². The fraction of sp³-hybridized carbons (Fsp3) is 0.125. The summed E-state index contributed by atoms with van der Waals surface area (Å²) in [6.45, 7) is 0. The summed E-state index contributed by atoms with van der Waals surface area (Å²) in [5.41, 5.74) is 1.71. The predicted molar refractivity (Wildman–Crippen MR) is 90.9 cm³/mol. The van der Waals surface area contributed by atoms with Gasteiger partial charge in [-0.2, -0.15) is 5.26 Å². The number of thioether (sulfide) groups is 1. The maximum Gasteiger partial charge on any atom is 0.255 e. The molecule has 0 saturated heterocycles. The quantitative estimate of drug-likeness (QED) is 0.664. The third-order valence-corrected chi connectivity index (χ3v) is 4.38. The molecular weight excluding hydrogens is 332 g/mol. The maximum absolute atomic E-state index is 12.1. The van der Waals surface area contributed by atoms with E-state index in [1.807, 2.05) is 5.40 Å². The molecule has 0 atom stereocenters. The van der Waals surface area contributed by atoms with Gasteiger partial charge in [0.25, 0.3) is 5.91 Å². The molecule has 0 saturated carbocycles. The Morgan fingerprint density at radius 3 is 2.26 bits per heavy atom. The molecule has 0 aliphatic heterocycles. The lowest BCUT2D eigenvalue weighted by molar-refractivity contribution is 0.102. The summed E-state index contributed by atoms with van der Waals surface area (Å²) in [5, 5.41) is 13.3. The number of thiocyanates is 1. The molecule has 0 radical (unpaired) electrons. The topological polar surface area (TPSA) is 87.0 Å². The van der Waals surface area contributed by atoms with Gasteiger partial charge in [-0.05, 0) is 53.7 Å². The van der Waals surface area contributed by atoms with Crippen LogP contribution in [0.2, 0.25) is 0 Å². The highest BCUT2D eigenvalue weighted by Gasteiger charge is 2.08. The first-order valence-electron chi connectivity index (χ1n) is 6.61. The summed E-state index contributed by atoms with van der Waals surface area (Å²) < 4.78 is 22.5. The van der Waals surface area contributed by atoms with Crippen LogP contribution in [0.25, 0.3) is 0 Å². The van der Waals surface area contributed by atoms with E-state index >= 15 is 0 Å². The minimum absolute atomic E-state index is 0.0487. The van der Waals surface area contributed by atoms with Gasteiger partial charge in [-0.25, -0.2) is 8.42 Å². The summed E-state index contributed by atoms with van der Waals surface area (Å²) >= 11 is 1.05. The zero-order chi connectivity index (χ0) is 16.9. The van der Waals surface area contributed by atoms with Crippen molar-refractivity contribution in [2.45, 2.75) is 10.6 Å². The molecule has 23 heavy (non-hydrogen) atoms. The van der Waals surface area contributed by atoms with E-state index in [4.69, 9.17) is 5.26 Å². The highest BCUT2D eigenvalue weighted by atomic mass is 32.2. The van der Waals surface area contributed by atoms with Crippen molar-refractivity contribution in [1.29, 1.82) is 5.26 Å². The van der Waals surface area contributed by atoms with Crippen LogP contribution in [-0.2, 0) is 15.6 Å². The third-order valence-electron chi connectivity index (χ3n) is 2.92. The summed E-state index contributed by atoms with van der Waals surface area (Å²) in [7, 11) is -3.09. The molecule has 0 bridgehead atoms. The lowest BCUT2D eigenvalue weighted by Gasteiger charge is -2.06. The van der Waals surface area contributed by atoms with Gasteiger partial charge in [-0.15, -0.1) is 0 Å². The summed E-state index contributed by atoms with van der Waals surface area (Å²) in [5.74, 6) is -0.330. The van der Waals surface area contributed by atoms with Gasteiger partial charge in [0.15, 0.2) is 9.84 Å². The molecule has 5 nitrogen and oxygen atoms in total. The summed E-state index contributed by atoms with van der Waals surface area (Å²) in [6, 6.07) is 13.4. The lowest BCUT2D eigenvalue weighted by atomic mass is 10.1. The molecule has 0 aromatic heterocycles. The molecule has 0 spiro atoms. The Kier molecular flexibility index (Phi) is 5.42. The molecule has 0 aliphatic carbocycles. The van der Waals surface area contributed by atoms with Gasteiger partial charge in [0.2, 0.25) is 0 Å². The number of sulfone groups is 1. The number of anilines is 1. The van der Waals surface area contributed by atoms with E-state index in [0.717, 1.165) is 16.7 Å². The first-order chi connectivity index (χ1) is 10.9. The van der Waals surface area contributed by atoms with Gasteiger partial charge >= 0.3 is 0 Å². The standard InChI is InChI=1S/C16H14N2O3S2/c1-23(20,21)10-12-2-4-13(5-3-12)16(19)18-14-6-8-15(9-7-14)22-11-17/h2-9H,10H2,1H3,(H,18,19). The molecule has 118 valence electrons. The number of carbonyl (C=O) groups excluding carboxylic acids is 1. The highest BCUT2D eigenvalue weighted by Crippen LogP contribution is 2.19. The SMILES string of the molecule is CS(=O)(=O)Cc1ccc(C(=O)Nc2ccc(SC#N)cc2)cc1. The maximum atomic E-state index is 12.1. The second-order valence-corrected chi connectivity index (χ2v) is 7.94. The zero-order valence-corrected chi connectivity index (χ0v) is 13.9. The molecule has 7 heteroatoms. The van der Waals surface area contributed by atoms with Gasteiger partial charge in [0, 0.05) is 22.4 Å². The van der Waals surface area contributed by atoms with Crippen molar-refractivity contribution in [2.24, 2.45) is 0 Å². The fourth-order valence-corrected chi connectivity index (χ4v) is 3.09. The van der Waals surface area contributed by atoms with E-state index < -0.39 is 9.84 Å². The minimum atomic E-state index is -3.09. The van der Waals surface area contributed by atoms with Crippen LogP contribution in [0.5, 0.6) is 0 Å². The summed E-state index contributed by atoms with van der Waals surface area (Å²) in [4.78, 5) is 12.9. The van der Waals surface area contributed by atoms with E-state index in [9.17, 15) is 13.2 Å². The molecule has 2 rings (SSSR count). The average Bonchev–Trinajstić information content (AvgIpc) is 2.48. The Bertz CT molecular complexity index is 836. The van der Waals surface area contributed by atoms with E-state index in [1.165, 1.54) is 6.26 Å². The predicted octanol–water partition coefficient (Wildman–Crippen LogP) is 3.06. The van der Waals surface area contributed by atoms with Gasteiger partial charge in [-0.1, -0.05) is 12.1 Å². The van der Waals surface area contributed by atoms with E-state index in [-0.39, 0.29) is 11.7 Å².